The highest BCUT2D eigenvalue weighted by Crippen LogP contribution is 2.50. The van der Waals surface area contributed by atoms with Crippen LogP contribution in [0.25, 0.3) is 6.08 Å². The van der Waals surface area contributed by atoms with Crippen LogP contribution in [0, 0.1) is 17.8 Å². The van der Waals surface area contributed by atoms with E-state index in [1.54, 1.807) is 0 Å². The first-order chi connectivity index (χ1) is 24.7. The molecule has 52 heavy (non-hydrogen) atoms. The largest absolute Gasteiger partial charge is 0.120 e. The molecular formula is C52H66. The van der Waals surface area contributed by atoms with Gasteiger partial charge in [-0.15, -0.1) is 12.3 Å². The molecule has 1 unspecified atom stereocenters. The Balaban J connectivity index is 1.37. The van der Waals surface area contributed by atoms with Gasteiger partial charge in [-0.05, 0) is 153 Å². The summed E-state index contributed by atoms with van der Waals surface area (Å²) in [6, 6.07) is 4.69. The molecule has 4 aliphatic carbocycles. The van der Waals surface area contributed by atoms with Crippen LogP contribution in [0.3, 0.4) is 0 Å². The third kappa shape index (κ3) is 8.35. The van der Waals surface area contributed by atoms with Crippen LogP contribution in [0.5, 0.6) is 0 Å². The lowest BCUT2D eigenvalue weighted by atomic mass is 9.64. The Morgan fingerprint density at radius 1 is 0.942 bits per heavy atom. The molecule has 0 saturated carbocycles. The number of rotatable bonds is 15. The molecule has 0 heteroatoms. The highest BCUT2D eigenvalue weighted by Gasteiger charge is 2.38. The minimum atomic E-state index is -0.223. The molecule has 0 spiro atoms. The van der Waals surface area contributed by atoms with Gasteiger partial charge in [0.2, 0.25) is 0 Å². The molecule has 0 amide bonds. The molecule has 0 fully saturated rings. The van der Waals surface area contributed by atoms with Gasteiger partial charge in [-0.3, -0.25) is 0 Å². The van der Waals surface area contributed by atoms with Crippen LogP contribution in [0.2, 0.25) is 0 Å². The smallest absolute Gasteiger partial charge is 0.0364 e. The van der Waals surface area contributed by atoms with E-state index in [1.807, 2.05) is 0 Å². The summed E-state index contributed by atoms with van der Waals surface area (Å²) in [4.78, 5) is 0. The zero-order valence-corrected chi connectivity index (χ0v) is 34.2. The number of unbranched alkanes of at least 4 members (excludes halogenated alkanes) is 3. The van der Waals surface area contributed by atoms with Gasteiger partial charge >= 0.3 is 0 Å². The Kier molecular flexibility index (Phi) is 12.4. The van der Waals surface area contributed by atoms with E-state index in [2.05, 4.69) is 154 Å². The lowest BCUT2D eigenvalue weighted by molar-refractivity contribution is 0.520. The number of hydrogen-bond acceptors (Lipinski definition) is 0. The maximum absolute atomic E-state index is 4.73. The van der Waals surface area contributed by atoms with Gasteiger partial charge in [-0.1, -0.05) is 138 Å². The Hall–Kier alpha value is -3.86. The van der Waals surface area contributed by atoms with Gasteiger partial charge in [0, 0.05) is 16.2 Å². The van der Waals surface area contributed by atoms with Crippen molar-refractivity contribution >= 4 is 6.08 Å². The van der Waals surface area contributed by atoms with E-state index in [0.717, 1.165) is 50.5 Å². The third-order valence-electron chi connectivity index (χ3n) is 12.5. The molecule has 0 N–H and O–H groups in total. The summed E-state index contributed by atoms with van der Waals surface area (Å²) in [5.41, 5.74) is 21.7. The Morgan fingerprint density at radius 3 is 2.46 bits per heavy atom. The summed E-state index contributed by atoms with van der Waals surface area (Å²) >= 11 is 0. The first kappa shape index (κ1) is 39.3. The summed E-state index contributed by atoms with van der Waals surface area (Å²) in [6.45, 7) is 29.8. The lowest BCUT2D eigenvalue weighted by Gasteiger charge is -2.39. The Bertz CT molecular complexity index is 1900. The monoisotopic (exact) mass is 691 g/mol. The molecule has 0 radical (unpaired) electrons. The minimum Gasteiger partial charge on any atom is -0.120 e. The summed E-state index contributed by atoms with van der Waals surface area (Å²) < 4.78 is 0. The second-order valence-corrected chi connectivity index (χ2v) is 17.2. The van der Waals surface area contributed by atoms with Crippen molar-refractivity contribution in [3.8, 4) is 0 Å². The number of aryl methyl sites for hydroxylation is 2. The molecule has 1 aromatic rings. The van der Waals surface area contributed by atoms with Crippen LogP contribution < -0.4 is 0 Å². The molecule has 1 aromatic carbocycles. The molecule has 0 aliphatic heterocycles. The lowest BCUT2D eigenvalue weighted by Crippen LogP contribution is -2.27. The molecular weight excluding hydrogens is 625 g/mol. The Morgan fingerprint density at radius 2 is 1.71 bits per heavy atom. The summed E-state index contributed by atoms with van der Waals surface area (Å²) in [6.07, 6.45) is 38.2. The van der Waals surface area contributed by atoms with Gasteiger partial charge in [-0.2, -0.15) is 0 Å². The van der Waals surface area contributed by atoms with E-state index >= 15 is 0 Å². The van der Waals surface area contributed by atoms with Crippen molar-refractivity contribution in [2.45, 2.75) is 138 Å². The molecule has 4 aliphatic rings. The zero-order valence-electron chi connectivity index (χ0n) is 34.2. The molecule has 1 atom stereocenters. The van der Waals surface area contributed by atoms with E-state index in [1.165, 1.54) is 92.5 Å². The second-order valence-electron chi connectivity index (χ2n) is 17.2. The van der Waals surface area contributed by atoms with Crippen LogP contribution in [-0.2, 0) is 11.8 Å². The van der Waals surface area contributed by atoms with Gasteiger partial charge in [0.25, 0.3) is 0 Å². The molecule has 0 heterocycles. The quantitative estimate of drug-likeness (QED) is 0.0744. The maximum Gasteiger partial charge on any atom is 0.0364 e. The van der Waals surface area contributed by atoms with Crippen molar-refractivity contribution in [1.29, 1.82) is 0 Å². The SMILES string of the molecule is C=C(C)CCCCCCC1=C=CC2(C)C=CC=CC2=C1C(C)(C)C(=C)/C=C/C1=C(C)C(=C/C=C(/CC)C(C)(C)c2c(C)ccc3c2C=CCC3)/CC1. The predicted molar refractivity (Wildman–Crippen MR) is 230 cm³/mol. The van der Waals surface area contributed by atoms with E-state index in [-0.39, 0.29) is 16.2 Å². The van der Waals surface area contributed by atoms with E-state index in [4.69, 9.17) is 6.58 Å². The normalized spacial score (nSPS) is 21.1. The van der Waals surface area contributed by atoms with Crippen molar-refractivity contribution in [2.75, 3.05) is 0 Å². The average Bonchev–Trinajstić information content (AvgIpc) is 3.46. The third-order valence-corrected chi connectivity index (χ3v) is 12.5. The van der Waals surface area contributed by atoms with Crippen LogP contribution >= 0.6 is 0 Å². The molecule has 274 valence electrons. The van der Waals surface area contributed by atoms with Crippen molar-refractivity contribution in [3.63, 3.8) is 0 Å². The number of benzene rings is 1. The van der Waals surface area contributed by atoms with Gasteiger partial charge in [-0.25, -0.2) is 0 Å². The minimum absolute atomic E-state index is 0.0352. The predicted octanol–water partition coefficient (Wildman–Crippen LogP) is 15.2. The molecule has 0 saturated heterocycles. The first-order valence-electron chi connectivity index (χ1n) is 20.2. The van der Waals surface area contributed by atoms with Crippen LogP contribution in [0.1, 0.15) is 142 Å². The van der Waals surface area contributed by atoms with Gasteiger partial charge in [0.05, 0.1) is 0 Å². The summed E-state index contributed by atoms with van der Waals surface area (Å²) in [5, 5.41) is 0. The first-order valence-corrected chi connectivity index (χ1v) is 20.2. The van der Waals surface area contributed by atoms with Crippen molar-refractivity contribution < 1.29 is 0 Å². The molecule has 0 bridgehead atoms. The Labute approximate surface area is 318 Å². The van der Waals surface area contributed by atoms with Gasteiger partial charge in [0.15, 0.2) is 0 Å². The van der Waals surface area contributed by atoms with E-state index in [0.29, 0.717) is 0 Å². The van der Waals surface area contributed by atoms with E-state index in [9.17, 15) is 0 Å². The average molecular weight is 691 g/mol. The van der Waals surface area contributed by atoms with Crippen LogP contribution in [-0.4, -0.2) is 0 Å². The standard InChI is InChI=1S/C52H66/c1-12-45(51(9,10)48-38(4)26-28-43-22-17-18-24-46(43)48)33-32-42-31-30-41(40(42)6)29-27-39(5)50(7,8)49-44(23-16-14-13-15-21-37(2)3)34-36-52(11)35-20-19-25-47(49)52/h18-20,24-29,32-33,35-36H,2,5,12-17,21-23,30-31H2,1,3-4,6-11H3/b29-27+,42-32+,45-33-. The van der Waals surface area contributed by atoms with Crippen LogP contribution in [0.15, 0.2) is 142 Å². The second kappa shape index (κ2) is 16.4. The molecule has 0 nitrogen and oxygen atoms in total. The number of fused-ring (bicyclic) bond motifs is 2. The fourth-order valence-corrected chi connectivity index (χ4v) is 9.04. The highest BCUT2D eigenvalue weighted by atomic mass is 14.4. The van der Waals surface area contributed by atoms with Crippen LogP contribution in [0.4, 0.5) is 0 Å². The van der Waals surface area contributed by atoms with E-state index < -0.39 is 0 Å². The van der Waals surface area contributed by atoms with Crippen molar-refractivity contribution in [2.24, 2.45) is 10.8 Å². The maximum atomic E-state index is 4.73. The zero-order chi connectivity index (χ0) is 37.7. The molecule has 0 aromatic heterocycles. The van der Waals surface area contributed by atoms with Crippen molar-refractivity contribution in [3.05, 3.63) is 164 Å². The highest BCUT2D eigenvalue weighted by molar-refractivity contribution is 5.65. The van der Waals surface area contributed by atoms with Gasteiger partial charge < -0.3 is 0 Å². The topological polar surface area (TPSA) is 0 Å². The fraction of sp³-hybridized carbons (Fsp3) is 0.442. The molecule has 5 rings (SSSR count). The summed E-state index contributed by atoms with van der Waals surface area (Å²) in [7, 11) is 0. The fourth-order valence-electron chi connectivity index (χ4n) is 9.04. The van der Waals surface area contributed by atoms with Crippen molar-refractivity contribution in [1.82, 2.24) is 0 Å². The number of hydrogen-bond donors (Lipinski definition) is 0. The number of allylic oxidation sites excluding steroid dienone is 18. The summed E-state index contributed by atoms with van der Waals surface area (Å²) in [5.74, 6) is 0. The van der Waals surface area contributed by atoms with Gasteiger partial charge in [0.1, 0.15) is 0 Å².